The van der Waals surface area contributed by atoms with Gasteiger partial charge >= 0.3 is 5.69 Å². The average Bonchev–Trinajstić information content (AvgIpc) is 3.02. The molecule has 1 aromatic carbocycles. The van der Waals surface area contributed by atoms with Gasteiger partial charge in [0, 0.05) is 5.41 Å². The third-order valence-corrected chi connectivity index (χ3v) is 3.02. The van der Waals surface area contributed by atoms with E-state index in [2.05, 4.69) is 4.84 Å². The molecule has 1 aliphatic rings. The zero-order valence-corrected chi connectivity index (χ0v) is 8.78. The summed E-state index contributed by atoms with van der Waals surface area (Å²) in [6, 6.07) is 1.46. The number of nitro benzene ring substituents is 1. The Labute approximate surface area is 95.3 Å². The van der Waals surface area contributed by atoms with Gasteiger partial charge in [0.2, 0.25) is 5.82 Å². The highest BCUT2D eigenvalue weighted by molar-refractivity contribution is 5.42. The highest BCUT2D eigenvalue weighted by atomic mass is 19.1. The van der Waals surface area contributed by atoms with Crippen molar-refractivity contribution in [3.63, 3.8) is 0 Å². The molecule has 1 aliphatic carbocycles. The molecule has 1 saturated carbocycles. The molecule has 0 unspecified atom stereocenters. The first-order valence-electron chi connectivity index (χ1n) is 4.96. The Kier molecular flexibility index (Phi) is 2.80. The fourth-order valence-corrected chi connectivity index (χ4v) is 1.88. The third kappa shape index (κ3) is 1.98. The Bertz CT molecular complexity index is 475. The van der Waals surface area contributed by atoms with Crippen LogP contribution >= 0.6 is 0 Å². The number of benzene rings is 1. The van der Waals surface area contributed by atoms with E-state index in [0.29, 0.717) is 18.9 Å². The minimum atomic E-state index is -1.05. The van der Waals surface area contributed by atoms with Crippen molar-refractivity contribution in [1.82, 2.24) is 0 Å². The lowest BCUT2D eigenvalue weighted by Crippen LogP contribution is -2.20. The SMILES string of the molecule is NOCC1(c2cc(F)c([N+](=O)[O-])cc2F)CC1. The minimum absolute atomic E-state index is 0.0706. The van der Waals surface area contributed by atoms with Gasteiger partial charge in [0.1, 0.15) is 5.82 Å². The van der Waals surface area contributed by atoms with Gasteiger partial charge in [0.15, 0.2) is 0 Å². The summed E-state index contributed by atoms with van der Waals surface area (Å²) >= 11 is 0. The highest BCUT2D eigenvalue weighted by Gasteiger charge is 2.47. The van der Waals surface area contributed by atoms with Crippen LogP contribution in [0.4, 0.5) is 14.5 Å². The Morgan fingerprint density at radius 2 is 2.06 bits per heavy atom. The Hall–Kier alpha value is -1.60. The number of nitrogens with two attached hydrogens (primary N) is 1. The normalized spacial score (nSPS) is 16.9. The zero-order valence-electron chi connectivity index (χ0n) is 8.78. The molecule has 0 heterocycles. The summed E-state index contributed by atoms with van der Waals surface area (Å²) in [5, 5.41) is 10.4. The molecule has 0 bridgehead atoms. The summed E-state index contributed by atoms with van der Waals surface area (Å²) in [7, 11) is 0. The Morgan fingerprint density at radius 3 is 2.53 bits per heavy atom. The van der Waals surface area contributed by atoms with E-state index in [1.807, 2.05) is 0 Å². The molecular formula is C10H10F2N2O3. The second-order valence-corrected chi connectivity index (χ2v) is 4.13. The Balaban J connectivity index is 2.44. The first kappa shape index (κ1) is 11.9. The fraction of sp³-hybridized carbons (Fsp3) is 0.400. The minimum Gasteiger partial charge on any atom is -0.304 e. The smallest absolute Gasteiger partial charge is 0.304 e. The van der Waals surface area contributed by atoms with Gasteiger partial charge in [-0.2, -0.15) is 4.39 Å². The molecule has 5 nitrogen and oxygen atoms in total. The van der Waals surface area contributed by atoms with Crippen LogP contribution in [0.2, 0.25) is 0 Å². The van der Waals surface area contributed by atoms with Crippen molar-refractivity contribution in [2.45, 2.75) is 18.3 Å². The third-order valence-electron chi connectivity index (χ3n) is 3.02. The topological polar surface area (TPSA) is 78.4 Å². The quantitative estimate of drug-likeness (QED) is 0.647. The van der Waals surface area contributed by atoms with Crippen LogP contribution in [-0.2, 0) is 10.3 Å². The van der Waals surface area contributed by atoms with Gasteiger partial charge in [0.05, 0.1) is 17.6 Å². The van der Waals surface area contributed by atoms with Gasteiger partial charge in [-0.25, -0.2) is 10.3 Å². The van der Waals surface area contributed by atoms with Crippen molar-refractivity contribution in [2.75, 3.05) is 6.61 Å². The van der Waals surface area contributed by atoms with Crippen molar-refractivity contribution < 1.29 is 18.5 Å². The summed E-state index contributed by atoms with van der Waals surface area (Å²) < 4.78 is 27.1. The predicted octanol–water partition coefficient (Wildman–Crippen LogP) is 1.79. The maximum atomic E-state index is 13.7. The van der Waals surface area contributed by atoms with Crippen molar-refractivity contribution in [2.24, 2.45) is 5.90 Å². The molecule has 2 N–H and O–H groups in total. The molecule has 1 fully saturated rings. The number of hydrogen-bond acceptors (Lipinski definition) is 4. The van der Waals surface area contributed by atoms with E-state index in [0.717, 1.165) is 6.07 Å². The maximum Gasteiger partial charge on any atom is 0.307 e. The lowest BCUT2D eigenvalue weighted by Gasteiger charge is -2.14. The van der Waals surface area contributed by atoms with Crippen molar-refractivity contribution in [3.8, 4) is 0 Å². The van der Waals surface area contributed by atoms with Crippen LogP contribution in [0.5, 0.6) is 0 Å². The fourth-order valence-electron chi connectivity index (χ4n) is 1.88. The largest absolute Gasteiger partial charge is 0.307 e. The molecule has 2 rings (SSSR count). The lowest BCUT2D eigenvalue weighted by molar-refractivity contribution is -0.387. The van der Waals surface area contributed by atoms with E-state index in [4.69, 9.17) is 5.90 Å². The second-order valence-electron chi connectivity index (χ2n) is 4.13. The van der Waals surface area contributed by atoms with Crippen LogP contribution in [0, 0.1) is 21.7 Å². The monoisotopic (exact) mass is 244 g/mol. The van der Waals surface area contributed by atoms with Gasteiger partial charge in [-0.15, -0.1) is 0 Å². The molecule has 0 amide bonds. The number of hydrogen-bond donors (Lipinski definition) is 1. The van der Waals surface area contributed by atoms with Gasteiger partial charge in [-0.3, -0.25) is 10.1 Å². The molecule has 0 spiro atoms. The van der Waals surface area contributed by atoms with Crippen LogP contribution in [0.15, 0.2) is 12.1 Å². The molecule has 0 radical (unpaired) electrons. The maximum absolute atomic E-state index is 13.7. The van der Waals surface area contributed by atoms with Gasteiger partial charge in [0.25, 0.3) is 0 Å². The average molecular weight is 244 g/mol. The first-order chi connectivity index (χ1) is 8.00. The van der Waals surface area contributed by atoms with E-state index >= 15 is 0 Å². The van der Waals surface area contributed by atoms with Crippen LogP contribution in [0.1, 0.15) is 18.4 Å². The molecule has 7 heteroatoms. The van der Waals surface area contributed by atoms with E-state index in [9.17, 15) is 18.9 Å². The highest BCUT2D eigenvalue weighted by Crippen LogP contribution is 2.49. The first-order valence-corrected chi connectivity index (χ1v) is 4.96. The van der Waals surface area contributed by atoms with Crippen LogP contribution < -0.4 is 5.90 Å². The number of rotatable bonds is 4. The standard InChI is InChI=1S/C10H10F2N2O3/c11-7-4-9(14(15)16)8(12)3-6(7)10(1-2-10)5-17-13/h3-4H,1-2,5,13H2. The van der Waals surface area contributed by atoms with E-state index in [1.165, 1.54) is 0 Å². The van der Waals surface area contributed by atoms with Crippen molar-refractivity contribution in [3.05, 3.63) is 39.4 Å². The molecule has 0 aliphatic heterocycles. The summed E-state index contributed by atoms with van der Waals surface area (Å²) in [5.74, 6) is 3.09. The number of nitro groups is 1. The number of halogens is 2. The molecule has 92 valence electrons. The van der Waals surface area contributed by atoms with Crippen LogP contribution in [0.25, 0.3) is 0 Å². The molecular weight excluding hydrogens is 234 g/mol. The molecule has 17 heavy (non-hydrogen) atoms. The van der Waals surface area contributed by atoms with Crippen LogP contribution in [0.3, 0.4) is 0 Å². The van der Waals surface area contributed by atoms with E-state index < -0.39 is 27.7 Å². The number of nitrogens with zero attached hydrogens (tertiary/aromatic N) is 1. The Morgan fingerprint density at radius 1 is 1.41 bits per heavy atom. The zero-order chi connectivity index (χ0) is 12.6. The summed E-state index contributed by atoms with van der Waals surface area (Å²) in [4.78, 5) is 13.9. The summed E-state index contributed by atoms with van der Waals surface area (Å²) in [6.45, 7) is 0.0706. The van der Waals surface area contributed by atoms with Crippen molar-refractivity contribution >= 4 is 5.69 Å². The summed E-state index contributed by atoms with van der Waals surface area (Å²) in [6.07, 6.45) is 1.25. The summed E-state index contributed by atoms with van der Waals surface area (Å²) in [5.41, 5.74) is -1.41. The van der Waals surface area contributed by atoms with Gasteiger partial charge in [-0.1, -0.05) is 0 Å². The van der Waals surface area contributed by atoms with Crippen molar-refractivity contribution in [1.29, 1.82) is 0 Å². The van der Waals surface area contributed by atoms with E-state index in [1.54, 1.807) is 0 Å². The van der Waals surface area contributed by atoms with Crippen LogP contribution in [-0.4, -0.2) is 11.5 Å². The molecule has 1 aromatic rings. The van der Waals surface area contributed by atoms with Gasteiger partial charge in [-0.05, 0) is 24.5 Å². The molecule has 0 atom stereocenters. The molecule has 0 saturated heterocycles. The molecule has 0 aromatic heterocycles. The van der Waals surface area contributed by atoms with Gasteiger partial charge < -0.3 is 4.84 Å². The lowest BCUT2D eigenvalue weighted by atomic mass is 9.96. The van der Waals surface area contributed by atoms with E-state index in [-0.39, 0.29) is 12.2 Å². The predicted molar refractivity (Wildman–Crippen MR) is 54.1 cm³/mol. The second kappa shape index (κ2) is 4.01.